The van der Waals surface area contributed by atoms with Gasteiger partial charge >= 0.3 is 0 Å². The number of hydrogen-bond acceptors (Lipinski definition) is 9. The third kappa shape index (κ3) is 4.57. The maximum absolute atomic E-state index is 5.51. The molecular formula is C27H27N5O2S2. The van der Waals surface area contributed by atoms with Gasteiger partial charge in [0.1, 0.15) is 0 Å². The van der Waals surface area contributed by atoms with Crippen LogP contribution in [0.4, 0.5) is 10.3 Å². The largest absolute Gasteiger partial charge is 0.493 e. The van der Waals surface area contributed by atoms with Gasteiger partial charge in [0.25, 0.3) is 0 Å². The summed E-state index contributed by atoms with van der Waals surface area (Å²) in [7, 11) is 3.34. The Labute approximate surface area is 218 Å². The quantitative estimate of drug-likeness (QED) is 0.276. The number of ether oxygens (including phenoxy) is 2. The lowest BCUT2D eigenvalue weighted by atomic mass is 10.1. The highest BCUT2D eigenvalue weighted by Crippen LogP contribution is 2.34. The zero-order chi connectivity index (χ0) is 24.5. The van der Waals surface area contributed by atoms with Gasteiger partial charge in [0, 0.05) is 6.54 Å². The Morgan fingerprint density at radius 3 is 1.86 bits per heavy atom. The molecule has 7 nitrogen and oxygen atoms in total. The van der Waals surface area contributed by atoms with E-state index in [0.29, 0.717) is 0 Å². The molecule has 0 unspecified atom stereocenters. The average molecular weight is 518 g/mol. The second-order valence-electron chi connectivity index (χ2n) is 8.77. The number of aromatic nitrogens is 2. The number of rotatable bonds is 7. The minimum absolute atomic E-state index is 0.753. The highest BCUT2D eigenvalue weighted by Gasteiger charge is 2.27. The molecule has 9 heteroatoms. The molecule has 184 valence electrons. The highest BCUT2D eigenvalue weighted by atomic mass is 32.1. The van der Waals surface area contributed by atoms with E-state index < -0.39 is 0 Å². The predicted molar refractivity (Wildman–Crippen MR) is 149 cm³/mol. The number of nitrogens with zero attached hydrogens (tertiary/aromatic N) is 5. The molecule has 0 spiro atoms. The Hall–Kier alpha value is -3.40. The lowest BCUT2D eigenvalue weighted by Crippen LogP contribution is -2.55. The number of thiazole rings is 2. The van der Waals surface area contributed by atoms with Gasteiger partial charge in [-0.15, -0.1) is 0 Å². The van der Waals surface area contributed by atoms with Gasteiger partial charge in [-0.3, -0.25) is 4.90 Å². The van der Waals surface area contributed by atoms with Crippen molar-refractivity contribution in [3.05, 3.63) is 72.3 Å². The SMILES string of the molecule is COc1ccc(CCN2CN(c3nc4ccccc4s3)CN(c3nc4ccccc4s3)C2)cc1OC. The van der Waals surface area contributed by atoms with Crippen molar-refractivity contribution in [2.24, 2.45) is 0 Å². The molecule has 1 fully saturated rings. The smallest absolute Gasteiger partial charge is 0.188 e. The van der Waals surface area contributed by atoms with E-state index in [9.17, 15) is 0 Å². The highest BCUT2D eigenvalue weighted by molar-refractivity contribution is 7.22. The Balaban J connectivity index is 1.27. The first-order chi connectivity index (χ1) is 17.7. The van der Waals surface area contributed by atoms with Crippen LogP contribution in [0.3, 0.4) is 0 Å². The minimum Gasteiger partial charge on any atom is -0.493 e. The van der Waals surface area contributed by atoms with Crippen LogP contribution in [0.2, 0.25) is 0 Å². The molecule has 0 amide bonds. The minimum atomic E-state index is 0.753. The molecule has 5 aromatic rings. The van der Waals surface area contributed by atoms with E-state index in [-0.39, 0.29) is 0 Å². The van der Waals surface area contributed by atoms with Crippen LogP contribution in [0, 0.1) is 0 Å². The Morgan fingerprint density at radius 2 is 1.31 bits per heavy atom. The molecule has 6 rings (SSSR count). The van der Waals surface area contributed by atoms with Crippen molar-refractivity contribution in [1.82, 2.24) is 14.9 Å². The molecule has 36 heavy (non-hydrogen) atoms. The van der Waals surface area contributed by atoms with Crippen molar-refractivity contribution in [2.75, 3.05) is 50.6 Å². The van der Waals surface area contributed by atoms with Gasteiger partial charge in [-0.25, -0.2) is 9.97 Å². The fourth-order valence-corrected chi connectivity index (χ4v) is 6.42. The second kappa shape index (κ2) is 9.93. The Bertz CT molecular complexity index is 1350. The van der Waals surface area contributed by atoms with Gasteiger partial charge in [0.2, 0.25) is 0 Å². The van der Waals surface area contributed by atoms with Crippen LogP contribution in [0.25, 0.3) is 20.4 Å². The van der Waals surface area contributed by atoms with E-state index in [0.717, 1.165) is 65.8 Å². The number of anilines is 2. The lowest BCUT2D eigenvalue weighted by Gasteiger charge is -2.42. The second-order valence-corrected chi connectivity index (χ2v) is 10.8. The molecule has 3 heterocycles. The Morgan fingerprint density at radius 1 is 0.722 bits per heavy atom. The van der Waals surface area contributed by atoms with E-state index in [1.54, 1.807) is 36.9 Å². The van der Waals surface area contributed by atoms with Crippen molar-refractivity contribution in [2.45, 2.75) is 6.42 Å². The number of benzene rings is 3. The molecule has 0 atom stereocenters. The fourth-order valence-electron chi connectivity index (χ4n) is 4.52. The van der Waals surface area contributed by atoms with Gasteiger partial charge in [0.15, 0.2) is 21.8 Å². The van der Waals surface area contributed by atoms with E-state index in [1.807, 2.05) is 18.2 Å². The van der Waals surface area contributed by atoms with Crippen molar-refractivity contribution < 1.29 is 9.47 Å². The van der Waals surface area contributed by atoms with Gasteiger partial charge < -0.3 is 19.3 Å². The summed E-state index contributed by atoms with van der Waals surface area (Å²) in [6.07, 6.45) is 0.904. The van der Waals surface area contributed by atoms with Gasteiger partial charge in [-0.2, -0.15) is 0 Å². The van der Waals surface area contributed by atoms with Crippen molar-refractivity contribution in [3.8, 4) is 11.5 Å². The van der Waals surface area contributed by atoms with Crippen molar-refractivity contribution in [3.63, 3.8) is 0 Å². The molecule has 0 aliphatic carbocycles. The zero-order valence-electron chi connectivity index (χ0n) is 20.3. The standard InChI is InChI=1S/C27H27N5O2S2/c1-33-22-12-11-19(15-23(22)34-2)13-14-30-16-31(26-28-20-7-3-5-9-24(20)35-26)18-32(17-30)27-29-21-8-4-6-10-25(21)36-27/h3-12,15H,13-14,16-18H2,1-2H3. The topological polar surface area (TPSA) is 54.0 Å². The molecule has 2 aromatic heterocycles. The summed E-state index contributed by atoms with van der Waals surface area (Å²) in [5.41, 5.74) is 3.31. The van der Waals surface area contributed by atoms with Crippen LogP contribution in [0.1, 0.15) is 5.56 Å². The van der Waals surface area contributed by atoms with E-state index in [2.05, 4.69) is 63.2 Å². The number of hydrogen-bond donors (Lipinski definition) is 0. The fraction of sp³-hybridized carbons (Fsp3) is 0.259. The summed E-state index contributed by atoms with van der Waals surface area (Å²) in [5.74, 6) is 1.52. The molecule has 1 saturated heterocycles. The Kier molecular flexibility index (Phi) is 6.35. The van der Waals surface area contributed by atoms with E-state index in [1.165, 1.54) is 15.0 Å². The first kappa shape index (κ1) is 23.0. The summed E-state index contributed by atoms with van der Waals surface area (Å²) in [5, 5.41) is 2.08. The number of para-hydroxylation sites is 2. The van der Waals surface area contributed by atoms with Gasteiger partial charge in [-0.1, -0.05) is 53.0 Å². The first-order valence-corrected chi connectivity index (χ1v) is 13.5. The predicted octanol–water partition coefficient (Wildman–Crippen LogP) is 5.67. The zero-order valence-corrected chi connectivity index (χ0v) is 21.9. The number of methoxy groups -OCH3 is 2. The molecule has 0 bridgehead atoms. The molecule has 0 radical (unpaired) electrons. The molecular weight excluding hydrogens is 490 g/mol. The van der Waals surface area contributed by atoms with E-state index in [4.69, 9.17) is 19.4 Å². The van der Waals surface area contributed by atoms with Gasteiger partial charge in [0.05, 0.1) is 54.7 Å². The summed E-state index contributed by atoms with van der Waals surface area (Å²) in [6, 6.07) is 22.8. The van der Waals surface area contributed by atoms with Crippen LogP contribution in [0.15, 0.2) is 66.7 Å². The number of fused-ring (bicyclic) bond motifs is 2. The van der Waals surface area contributed by atoms with E-state index >= 15 is 0 Å². The van der Waals surface area contributed by atoms with Crippen LogP contribution in [-0.2, 0) is 6.42 Å². The molecule has 1 aliphatic heterocycles. The third-order valence-corrected chi connectivity index (χ3v) is 8.55. The van der Waals surface area contributed by atoms with Crippen LogP contribution >= 0.6 is 22.7 Å². The summed E-state index contributed by atoms with van der Waals surface area (Å²) in [4.78, 5) is 17.1. The monoisotopic (exact) mass is 517 g/mol. The third-order valence-electron chi connectivity index (χ3n) is 6.35. The van der Waals surface area contributed by atoms with Crippen LogP contribution < -0.4 is 19.3 Å². The molecule has 0 N–H and O–H groups in total. The maximum atomic E-state index is 5.51. The van der Waals surface area contributed by atoms with Crippen molar-refractivity contribution >= 4 is 53.4 Å². The van der Waals surface area contributed by atoms with Crippen LogP contribution in [0.5, 0.6) is 11.5 Å². The average Bonchev–Trinajstić information content (AvgIpc) is 3.56. The molecule has 0 saturated carbocycles. The lowest BCUT2D eigenvalue weighted by molar-refractivity contribution is 0.244. The van der Waals surface area contributed by atoms with Crippen LogP contribution in [-0.4, -0.2) is 55.6 Å². The maximum Gasteiger partial charge on any atom is 0.188 e. The first-order valence-electron chi connectivity index (χ1n) is 11.8. The molecule has 3 aromatic carbocycles. The summed E-state index contributed by atoms with van der Waals surface area (Å²) in [6.45, 7) is 3.29. The summed E-state index contributed by atoms with van der Waals surface area (Å²) < 4.78 is 13.3. The van der Waals surface area contributed by atoms with Gasteiger partial charge in [-0.05, 0) is 48.4 Å². The molecule has 1 aliphatic rings. The van der Waals surface area contributed by atoms with Crippen molar-refractivity contribution in [1.29, 1.82) is 0 Å². The normalized spacial score (nSPS) is 14.6. The summed E-state index contributed by atoms with van der Waals surface area (Å²) >= 11 is 3.49.